The molecule has 7 nitrogen and oxygen atoms in total. The number of aromatic nitrogens is 3. The minimum absolute atomic E-state index is 0.169. The Balaban J connectivity index is 1.83. The first kappa shape index (κ1) is 21.1. The lowest BCUT2D eigenvalue weighted by Gasteiger charge is -2.06. The number of H-pyrrole nitrogens is 1. The van der Waals surface area contributed by atoms with Crippen molar-refractivity contribution in [2.24, 2.45) is 5.73 Å². The van der Waals surface area contributed by atoms with Crippen LogP contribution in [-0.4, -0.2) is 36.0 Å². The molecule has 3 aromatic rings. The summed E-state index contributed by atoms with van der Waals surface area (Å²) in [5.41, 5.74) is 6.25. The Bertz CT molecular complexity index is 1200. The second-order valence-corrected chi connectivity index (χ2v) is 9.39. The topological polar surface area (TPSA) is 111 Å². The van der Waals surface area contributed by atoms with E-state index in [-0.39, 0.29) is 35.8 Å². The summed E-state index contributed by atoms with van der Waals surface area (Å²) in [5.74, 6) is 0.177. The molecule has 0 saturated heterocycles. The van der Waals surface area contributed by atoms with Crippen molar-refractivity contribution in [3.8, 4) is 11.1 Å². The third kappa shape index (κ3) is 4.86. The van der Waals surface area contributed by atoms with Crippen LogP contribution in [0.4, 0.5) is 8.78 Å². The van der Waals surface area contributed by atoms with Crippen molar-refractivity contribution in [1.82, 2.24) is 14.8 Å². The van der Waals surface area contributed by atoms with Gasteiger partial charge in [-0.1, -0.05) is 12.1 Å². The van der Waals surface area contributed by atoms with Crippen LogP contribution in [0, 0.1) is 0 Å². The van der Waals surface area contributed by atoms with Gasteiger partial charge in [0.1, 0.15) is 5.82 Å². The lowest BCUT2D eigenvalue weighted by atomic mass is 10.1. The third-order valence-electron chi connectivity index (χ3n) is 4.31. The van der Waals surface area contributed by atoms with Crippen LogP contribution in [0.1, 0.15) is 10.7 Å². The first-order valence-electron chi connectivity index (χ1n) is 8.44. The van der Waals surface area contributed by atoms with E-state index in [1.54, 1.807) is 12.1 Å². The highest BCUT2D eigenvalue weighted by Crippen LogP contribution is 2.27. The maximum absolute atomic E-state index is 12.9. The number of rotatable bonds is 7. The molecule has 2 heterocycles. The molecule has 0 unspecified atom stereocenters. The summed E-state index contributed by atoms with van der Waals surface area (Å²) < 4.78 is 50.2. The van der Waals surface area contributed by atoms with Gasteiger partial charge in [0.25, 0.3) is 6.08 Å². The Kier molecular flexibility index (Phi) is 6.10. The zero-order valence-corrected chi connectivity index (χ0v) is 17.0. The quantitative estimate of drug-likeness (QED) is 0.586. The van der Waals surface area contributed by atoms with E-state index >= 15 is 0 Å². The zero-order chi connectivity index (χ0) is 21.2. The zero-order valence-electron chi connectivity index (χ0n) is 15.4. The van der Waals surface area contributed by atoms with Crippen LogP contribution in [0.5, 0.6) is 0 Å². The van der Waals surface area contributed by atoms with Crippen molar-refractivity contribution in [1.29, 1.82) is 0 Å². The van der Waals surface area contributed by atoms with Crippen molar-refractivity contribution in [2.75, 3.05) is 12.8 Å². The van der Waals surface area contributed by atoms with Crippen molar-refractivity contribution < 1.29 is 17.2 Å². The summed E-state index contributed by atoms with van der Waals surface area (Å²) in [6.07, 6.45) is -0.946. The number of aromatic amines is 1. The molecule has 154 valence electrons. The van der Waals surface area contributed by atoms with Gasteiger partial charge in [-0.15, -0.1) is 11.3 Å². The standard InChI is InChI=1S/C18H18F2N4O3S2/c1-29(26,27)15-4-2-11(3-5-15)13-6-14(28-10-13)9-24-16(22-23-18(24)25)7-12(8-21)17(19)20/h2-6,10H,7-9,21H2,1H3,(H,23,25). The van der Waals surface area contributed by atoms with Gasteiger partial charge in [-0.3, -0.25) is 4.57 Å². The number of benzene rings is 1. The molecule has 0 fully saturated rings. The Morgan fingerprint density at radius 1 is 1.24 bits per heavy atom. The van der Waals surface area contributed by atoms with E-state index in [0.29, 0.717) is 0 Å². The molecule has 0 aliphatic heterocycles. The second kappa shape index (κ2) is 8.39. The van der Waals surface area contributed by atoms with E-state index in [1.807, 2.05) is 11.4 Å². The van der Waals surface area contributed by atoms with Crippen molar-refractivity contribution >= 4 is 21.2 Å². The van der Waals surface area contributed by atoms with Crippen molar-refractivity contribution in [3.63, 3.8) is 0 Å². The molecule has 0 bridgehead atoms. The predicted molar refractivity (Wildman–Crippen MR) is 107 cm³/mol. The molecule has 29 heavy (non-hydrogen) atoms. The third-order valence-corrected chi connectivity index (χ3v) is 6.36. The van der Waals surface area contributed by atoms with Gasteiger partial charge in [0, 0.05) is 29.7 Å². The summed E-state index contributed by atoms with van der Waals surface area (Å²) in [5, 5.41) is 7.99. The number of thiophene rings is 1. The van der Waals surface area contributed by atoms with Crippen LogP contribution in [0.15, 0.2) is 57.1 Å². The molecule has 0 atom stereocenters. The molecule has 0 amide bonds. The van der Waals surface area contributed by atoms with Gasteiger partial charge in [-0.05, 0) is 34.7 Å². The van der Waals surface area contributed by atoms with Gasteiger partial charge in [0.2, 0.25) is 0 Å². The van der Waals surface area contributed by atoms with Crippen LogP contribution in [0.2, 0.25) is 0 Å². The lowest BCUT2D eigenvalue weighted by Crippen LogP contribution is -2.20. The van der Waals surface area contributed by atoms with Gasteiger partial charge >= 0.3 is 5.69 Å². The molecule has 11 heteroatoms. The van der Waals surface area contributed by atoms with Crippen LogP contribution < -0.4 is 11.4 Å². The van der Waals surface area contributed by atoms with Crippen LogP contribution in [0.3, 0.4) is 0 Å². The number of hydrogen-bond donors (Lipinski definition) is 2. The monoisotopic (exact) mass is 440 g/mol. The first-order valence-corrected chi connectivity index (χ1v) is 11.2. The number of sulfone groups is 1. The molecule has 3 rings (SSSR count). The highest BCUT2D eigenvalue weighted by Gasteiger charge is 2.15. The summed E-state index contributed by atoms with van der Waals surface area (Å²) in [6.45, 7) is -0.154. The van der Waals surface area contributed by atoms with Gasteiger partial charge in [0.05, 0.1) is 11.4 Å². The fraction of sp³-hybridized carbons (Fsp3) is 0.222. The molecule has 2 aromatic heterocycles. The predicted octanol–water partition coefficient (Wildman–Crippen LogP) is 2.40. The number of nitrogens with one attached hydrogen (secondary N) is 1. The van der Waals surface area contributed by atoms with E-state index < -0.39 is 21.6 Å². The maximum atomic E-state index is 12.9. The summed E-state index contributed by atoms with van der Waals surface area (Å²) in [7, 11) is -3.27. The van der Waals surface area contributed by atoms with E-state index in [1.165, 1.54) is 28.0 Å². The number of hydrogen-bond acceptors (Lipinski definition) is 6. The molecule has 0 radical (unpaired) electrons. The lowest BCUT2D eigenvalue weighted by molar-refractivity contribution is 0.407. The molecule has 0 saturated carbocycles. The number of nitrogens with zero attached hydrogens (tertiary/aromatic N) is 2. The van der Waals surface area contributed by atoms with Gasteiger partial charge < -0.3 is 5.73 Å². The average molecular weight is 440 g/mol. The van der Waals surface area contributed by atoms with Crippen LogP contribution >= 0.6 is 11.3 Å². The van der Waals surface area contributed by atoms with E-state index in [4.69, 9.17) is 5.73 Å². The van der Waals surface area contributed by atoms with Gasteiger partial charge in [-0.25, -0.2) is 18.3 Å². The minimum Gasteiger partial charge on any atom is -0.327 e. The molecule has 0 aliphatic carbocycles. The molecule has 0 aliphatic rings. The van der Waals surface area contributed by atoms with Crippen LogP contribution in [-0.2, 0) is 22.8 Å². The van der Waals surface area contributed by atoms with Crippen LogP contribution in [0.25, 0.3) is 11.1 Å². The highest BCUT2D eigenvalue weighted by atomic mass is 32.2. The minimum atomic E-state index is -3.27. The summed E-state index contributed by atoms with van der Waals surface area (Å²) >= 11 is 1.40. The van der Waals surface area contributed by atoms with E-state index in [9.17, 15) is 22.0 Å². The van der Waals surface area contributed by atoms with E-state index in [2.05, 4.69) is 10.2 Å². The number of nitrogens with two attached hydrogens (primary N) is 1. The SMILES string of the molecule is CS(=O)(=O)c1ccc(-c2csc(Cn3c(CC(CN)=C(F)F)n[nH]c3=O)c2)cc1. The average Bonchev–Trinajstić information content (AvgIpc) is 3.27. The number of halogens is 2. The smallest absolute Gasteiger partial charge is 0.327 e. The van der Waals surface area contributed by atoms with Gasteiger partial charge in [0.15, 0.2) is 9.84 Å². The largest absolute Gasteiger partial charge is 0.343 e. The summed E-state index contributed by atoms with van der Waals surface area (Å²) in [4.78, 5) is 13.1. The fourth-order valence-corrected chi connectivity index (χ4v) is 4.23. The van der Waals surface area contributed by atoms with Crippen molar-refractivity contribution in [3.05, 3.63) is 68.6 Å². The Hall–Kier alpha value is -2.63. The highest BCUT2D eigenvalue weighted by molar-refractivity contribution is 7.90. The fourth-order valence-electron chi connectivity index (χ4n) is 2.72. The normalized spacial score (nSPS) is 11.6. The Labute approximate surface area is 169 Å². The molecular formula is C18H18F2N4O3S2. The maximum Gasteiger partial charge on any atom is 0.343 e. The van der Waals surface area contributed by atoms with Gasteiger partial charge in [-0.2, -0.15) is 13.9 Å². The van der Waals surface area contributed by atoms with Crippen molar-refractivity contribution in [2.45, 2.75) is 17.9 Å². The summed E-state index contributed by atoms with van der Waals surface area (Å²) in [6, 6.07) is 8.35. The Morgan fingerprint density at radius 3 is 2.52 bits per heavy atom. The molecule has 0 spiro atoms. The first-order chi connectivity index (χ1) is 13.7. The van der Waals surface area contributed by atoms with E-state index in [0.717, 1.165) is 22.3 Å². The second-order valence-electron chi connectivity index (χ2n) is 6.37. The molecule has 1 aromatic carbocycles. The molecule has 3 N–H and O–H groups in total. The Morgan fingerprint density at radius 2 is 1.93 bits per heavy atom. The molecular weight excluding hydrogens is 422 g/mol.